The number of carbonyl (C=O) groups is 2. The van der Waals surface area contributed by atoms with Crippen LogP contribution in [0.2, 0.25) is 0 Å². The Morgan fingerprint density at radius 1 is 1.38 bits per heavy atom. The Hall–Kier alpha value is -1.91. The fourth-order valence-corrected chi connectivity index (χ4v) is 3.68. The van der Waals surface area contributed by atoms with Crippen molar-refractivity contribution in [1.82, 2.24) is 10.6 Å². The molecule has 0 aromatic heterocycles. The summed E-state index contributed by atoms with van der Waals surface area (Å²) < 4.78 is 12.8. The molecule has 2 aliphatic rings. The Labute approximate surface area is 123 Å². The molecule has 1 aromatic carbocycles. The molecule has 1 saturated heterocycles. The fraction of sp³-hybridized carbons (Fsp3) is 0.500. The number of amides is 2. The molecule has 4 atom stereocenters. The Morgan fingerprint density at radius 3 is 2.81 bits per heavy atom. The summed E-state index contributed by atoms with van der Waals surface area (Å²) in [6.07, 6.45) is 1.54. The highest BCUT2D eigenvalue weighted by Crippen LogP contribution is 2.41. The van der Waals surface area contributed by atoms with Gasteiger partial charge in [-0.1, -0.05) is 6.92 Å². The molecule has 2 amide bonds. The fourth-order valence-electron chi connectivity index (χ4n) is 3.68. The highest BCUT2D eigenvalue weighted by Gasteiger charge is 2.46. The number of hydrogen-bond acceptors (Lipinski definition) is 2. The first-order valence-electron chi connectivity index (χ1n) is 7.37. The summed E-state index contributed by atoms with van der Waals surface area (Å²) in [6, 6.07) is 5.78. The maximum Gasteiger partial charge on any atom is 0.251 e. The van der Waals surface area contributed by atoms with Gasteiger partial charge in [-0.15, -0.1) is 0 Å². The minimum absolute atomic E-state index is 0.117. The highest BCUT2D eigenvalue weighted by atomic mass is 19.1. The summed E-state index contributed by atoms with van der Waals surface area (Å²) in [7, 11) is 0. The van der Waals surface area contributed by atoms with Gasteiger partial charge in [-0.25, -0.2) is 4.39 Å². The normalized spacial score (nSPS) is 30.9. The van der Waals surface area contributed by atoms with Crippen LogP contribution in [0.5, 0.6) is 0 Å². The van der Waals surface area contributed by atoms with Gasteiger partial charge in [-0.3, -0.25) is 9.59 Å². The lowest BCUT2D eigenvalue weighted by Gasteiger charge is -2.21. The highest BCUT2D eigenvalue weighted by molar-refractivity contribution is 5.94. The number of nitrogens with one attached hydrogen (secondary N) is 2. The zero-order chi connectivity index (χ0) is 15.0. The Bertz CT molecular complexity index is 558. The van der Waals surface area contributed by atoms with Crippen molar-refractivity contribution in [2.75, 3.05) is 6.54 Å². The van der Waals surface area contributed by atoms with Crippen molar-refractivity contribution in [3.8, 4) is 0 Å². The van der Waals surface area contributed by atoms with E-state index in [9.17, 15) is 14.0 Å². The SMILES string of the molecule is C[C@H]1C[C@H]2NC(=O)C[C@H]2[C@@H]1CNC(=O)c1ccc(F)cc1. The first-order chi connectivity index (χ1) is 10.0. The molecule has 0 bridgehead atoms. The predicted octanol–water partition coefficient (Wildman–Crippen LogP) is 1.72. The van der Waals surface area contributed by atoms with E-state index in [1.165, 1.54) is 24.3 Å². The Balaban J connectivity index is 1.60. The molecule has 1 saturated carbocycles. The van der Waals surface area contributed by atoms with Gasteiger partial charge >= 0.3 is 0 Å². The van der Waals surface area contributed by atoms with Crippen LogP contribution < -0.4 is 10.6 Å². The molecule has 2 N–H and O–H groups in total. The van der Waals surface area contributed by atoms with Crippen molar-refractivity contribution >= 4 is 11.8 Å². The van der Waals surface area contributed by atoms with Crippen LogP contribution in [0.3, 0.4) is 0 Å². The van der Waals surface area contributed by atoms with Crippen LogP contribution in [0.25, 0.3) is 0 Å². The van der Waals surface area contributed by atoms with Crippen molar-refractivity contribution < 1.29 is 14.0 Å². The second kappa shape index (κ2) is 5.47. The third-order valence-corrected chi connectivity index (χ3v) is 4.80. The van der Waals surface area contributed by atoms with Gasteiger partial charge < -0.3 is 10.6 Å². The molecule has 112 valence electrons. The van der Waals surface area contributed by atoms with E-state index in [0.29, 0.717) is 36.3 Å². The number of carbonyl (C=O) groups excluding carboxylic acids is 2. The van der Waals surface area contributed by atoms with E-state index in [1.54, 1.807) is 0 Å². The van der Waals surface area contributed by atoms with Crippen molar-refractivity contribution in [1.29, 1.82) is 0 Å². The van der Waals surface area contributed by atoms with Crippen LogP contribution in [-0.4, -0.2) is 24.4 Å². The maximum atomic E-state index is 12.8. The van der Waals surface area contributed by atoms with E-state index in [1.807, 2.05) is 0 Å². The largest absolute Gasteiger partial charge is 0.353 e. The van der Waals surface area contributed by atoms with Gasteiger partial charge in [0, 0.05) is 24.6 Å². The average molecular weight is 290 g/mol. The molecular weight excluding hydrogens is 271 g/mol. The van der Waals surface area contributed by atoms with Crippen LogP contribution in [0.4, 0.5) is 4.39 Å². The number of fused-ring (bicyclic) bond motifs is 1. The molecule has 0 unspecified atom stereocenters. The van der Waals surface area contributed by atoms with Crippen LogP contribution in [-0.2, 0) is 4.79 Å². The van der Waals surface area contributed by atoms with E-state index in [2.05, 4.69) is 17.6 Å². The van der Waals surface area contributed by atoms with Gasteiger partial charge in [0.15, 0.2) is 0 Å². The number of benzene rings is 1. The minimum Gasteiger partial charge on any atom is -0.353 e. The van der Waals surface area contributed by atoms with Gasteiger partial charge in [-0.2, -0.15) is 0 Å². The van der Waals surface area contributed by atoms with E-state index in [-0.39, 0.29) is 23.7 Å². The quantitative estimate of drug-likeness (QED) is 0.890. The van der Waals surface area contributed by atoms with E-state index < -0.39 is 0 Å². The summed E-state index contributed by atoms with van der Waals surface area (Å²) in [6.45, 7) is 2.73. The maximum absolute atomic E-state index is 12.8. The molecule has 3 rings (SSSR count). The van der Waals surface area contributed by atoms with Gasteiger partial charge in [-0.05, 0) is 48.4 Å². The molecule has 2 fully saturated rings. The average Bonchev–Trinajstić information content (AvgIpc) is 2.92. The standard InChI is InChI=1S/C16H19FN2O2/c1-9-6-14-12(7-15(20)19-14)13(9)8-18-16(21)10-2-4-11(17)5-3-10/h2-5,9,12-14H,6-8H2,1H3,(H,18,21)(H,19,20)/t9-,12-,13+,14+/m0/s1. The minimum atomic E-state index is -0.352. The molecule has 1 aromatic rings. The first-order valence-corrected chi connectivity index (χ1v) is 7.37. The second-order valence-electron chi connectivity index (χ2n) is 6.14. The van der Waals surface area contributed by atoms with Crippen molar-refractivity contribution in [2.24, 2.45) is 17.8 Å². The zero-order valence-corrected chi connectivity index (χ0v) is 11.9. The molecule has 1 aliphatic carbocycles. The molecule has 1 heterocycles. The van der Waals surface area contributed by atoms with Crippen LogP contribution in [0, 0.1) is 23.6 Å². The molecular formula is C16H19FN2O2. The predicted molar refractivity (Wildman–Crippen MR) is 76.0 cm³/mol. The summed E-state index contributed by atoms with van der Waals surface area (Å²) >= 11 is 0. The molecule has 1 aliphatic heterocycles. The Kier molecular flexibility index (Phi) is 3.66. The van der Waals surface area contributed by atoms with Crippen LogP contribution in [0.1, 0.15) is 30.1 Å². The van der Waals surface area contributed by atoms with Gasteiger partial charge in [0.25, 0.3) is 5.91 Å². The van der Waals surface area contributed by atoms with Crippen molar-refractivity contribution in [2.45, 2.75) is 25.8 Å². The molecule has 21 heavy (non-hydrogen) atoms. The number of halogens is 1. The third kappa shape index (κ3) is 2.77. The summed E-state index contributed by atoms with van der Waals surface area (Å²) in [5.74, 6) is 0.692. The summed E-state index contributed by atoms with van der Waals surface area (Å²) in [4.78, 5) is 23.5. The molecule has 0 radical (unpaired) electrons. The number of hydrogen-bond donors (Lipinski definition) is 2. The molecule has 4 nitrogen and oxygen atoms in total. The van der Waals surface area contributed by atoms with Crippen LogP contribution in [0.15, 0.2) is 24.3 Å². The lowest BCUT2D eigenvalue weighted by atomic mass is 9.88. The summed E-state index contributed by atoms with van der Waals surface area (Å²) in [5, 5.41) is 5.93. The van der Waals surface area contributed by atoms with Crippen molar-refractivity contribution in [3.05, 3.63) is 35.6 Å². The second-order valence-corrected chi connectivity index (χ2v) is 6.14. The van der Waals surface area contributed by atoms with Gasteiger partial charge in [0.05, 0.1) is 0 Å². The smallest absolute Gasteiger partial charge is 0.251 e. The molecule has 5 heteroatoms. The lowest BCUT2D eigenvalue weighted by Crippen LogP contribution is -2.33. The third-order valence-electron chi connectivity index (χ3n) is 4.80. The first kappa shape index (κ1) is 14.0. The lowest BCUT2D eigenvalue weighted by molar-refractivity contribution is -0.119. The van der Waals surface area contributed by atoms with E-state index in [0.717, 1.165) is 6.42 Å². The van der Waals surface area contributed by atoms with E-state index >= 15 is 0 Å². The van der Waals surface area contributed by atoms with Crippen molar-refractivity contribution in [3.63, 3.8) is 0 Å². The molecule has 0 spiro atoms. The Morgan fingerprint density at radius 2 is 2.10 bits per heavy atom. The zero-order valence-electron chi connectivity index (χ0n) is 11.9. The van der Waals surface area contributed by atoms with Crippen LogP contribution >= 0.6 is 0 Å². The summed E-state index contributed by atoms with van der Waals surface area (Å²) in [5.41, 5.74) is 0.458. The topological polar surface area (TPSA) is 58.2 Å². The van der Waals surface area contributed by atoms with Gasteiger partial charge in [0.1, 0.15) is 5.82 Å². The van der Waals surface area contributed by atoms with Gasteiger partial charge in [0.2, 0.25) is 5.91 Å². The van der Waals surface area contributed by atoms with E-state index in [4.69, 9.17) is 0 Å². The number of rotatable bonds is 3. The monoisotopic (exact) mass is 290 g/mol.